The summed E-state index contributed by atoms with van der Waals surface area (Å²) in [6, 6.07) is 0. The molecular weight excluding hydrogens is 453 g/mol. The lowest BCUT2D eigenvalue weighted by Gasteiger charge is -2.36. The molecule has 3 rings (SSSR count). The Kier molecular flexibility index (Phi) is 8.39. The number of halogens is 1. The summed E-state index contributed by atoms with van der Waals surface area (Å²) in [5.41, 5.74) is 1.14. The number of piperidine rings is 1. The Bertz CT molecular complexity index is 591. The van der Waals surface area contributed by atoms with E-state index in [1.807, 2.05) is 7.05 Å². The third kappa shape index (κ3) is 6.62. The second-order valence-electron chi connectivity index (χ2n) is 8.44. The molecule has 6 nitrogen and oxygen atoms in total. The molecule has 2 aliphatic rings. The molecule has 1 N–H and O–H groups in total. The van der Waals surface area contributed by atoms with Crippen molar-refractivity contribution in [1.82, 2.24) is 19.8 Å². The van der Waals surface area contributed by atoms with Crippen molar-refractivity contribution in [3.8, 4) is 0 Å². The fraction of sp³-hybridized carbons (Fsp3) is 0.800. The van der Waals surface area contributed by atoms with Crippen LogP contribution in [0.4, 0.5) is 0 Å². The zero-order chi connectivity index (χ0) is 18.6. The van der Waals surface area contributed by atoms with E-state index in [0.717, 1.165) is 57.8 Å². The van der Waals surface area contributed by atoms with Crippen molar-refractivity contribution in [3.05, 3.63) is 17.7 Å². The minimum atomic E-state index is -0.0590. The van der Waals surface area contributed by atoms with E-state index >= 15 is 0 Å². The molecule has 1 aromatic rings. The van der Waals surface area contributed by atoms with Gasteiger partial charge in [-0.15, -0.1) is 24.0 Å². The van der Waals surface area contributed by atoms with Crippen LogP contribution < -0.4 is 5.32 Å². The van der Waals surface area contributed by atoms with Crippen LogP contribution in [0, 0.1) is 0 Å². The number of likely N-dealkylation sites (tertiary alicyclic amines) is 1. The van der Waals surface area contributed by atoms with Gasteiger partial charge < -0.3 is 19.5 Å². The van der Waals surface area contributed by atoms with Crippen LogP contribution in [-0.4, -0.2) is 58.8 Å². The molecule has 0 aliphatic carbocycles. The number of hydrogen-bond donors (Lipinski definition) is 1. The fourth-order valence-corrected chi connectivity index (χ4v) is 3.91. The van der Waals surface area contributed by atoms with Crippen molar-refractivity contribution in [1.29, 1.82) is 0 Å². The molecular formula is C20H36IN5O. The predicted molar refractivity (Wildman–Crippen MR) is 121 cm³/mol. The molecule has 3 heterocycles. The molecule has 0 atom stereocenters. The maximum Gasteiger partial charge on any atom is 0.193 e. The predicted octanol–water partition coefficient (Wildman–Crippen LogP) is 3.23. The first kappa shape index (κ1) is 22.5. The van der Waals surface area contributed by atoms with Crippen molar-refractivity contribution in [3.63, 3.8) is 0 Å². The monoisotopic (exact) mass is 489 g/mol. The molecule has 154 valence electrons. The minimum absolute atomic E-state index is 0. The number of aliphatic imine (C=N–C) groups is 1. The van der Waals surface area contributed by atoms with Crippen molar-refractivity contribution >= 4 is 29.9 Å². The molecule has 27 heavy (non-hydrogen) atoms. The van der Waals surface area contributed by atoms with Gasteiger partial charge in [0.05, 0.1) is 17.4 Å². The summed E-state index contributed by atoms with van der Waals surface area (Å²) in [7, 11) is 1.87. The standard InChI is InChI=1S/C20H35N5O.HI/c1-20(2,3)26-17-9-13-24(14-10-17)19(21-4)22-11-8-16-15-25-12-6-5-7-18(25)23-16;/h15,17H,5-14H2,1-4H3,(H,21,22);1H. The summed E-state index contributed by atoms with van der Waals surface area (Å²) in [5, 5.41) is 3.52. The molecule has 2 aliphatic heterocycles. The van der Waals surface area contributed by atoms with Crippen LogP contribution in [0.5, 0.6) is 0 Å². The quantitative estimate of drug-likeness (QED) is 0.401. The van der Waals surface area contributed by atoms with Gasteiger partial charge in [-0.05, 0) is 46.5 Å². The molecule has 7 heteroatoms. The number of ether oxygens (including phenoxy) is 1. The van der Waals surface area contributed by atoms with Crippen LogP contribution in [-0.2, 0) is 24.1 Å². The minimum Gasteiger partial charge on any atom is -0.372 e. The van der Waals surface area contributed by atoms with Crippen LogP contribution >= 0.6 is 24.0 Å². The normalized spacial score (nSPS) is 18.8. The lowest BCUT2D eigenvalue weighted by atomic mass is 10.1. The summed E-state index contributed by atoms with van der Waals surface area (Å²) in [6.45, 7) is 10.4. The van der Waals surface area contributed by atoms with E-state index in [4.69, 9.17) is 9.72 Å². The number of aromatic nitrogens is 2. The van der Waals surface area contributed by atoms with Gasteiger partial charge in [0, 0.05) is 52.3 Å². The number of nitrogens with one attached hydrogen (secondary N) is 1. The summed E-state index contributed by atoms with van der Waals surface area (Å²) >= 11 is 0. The van der Waals surface area contributed by atoms with Crippen molar-refractivity contribution < 1.29 is 4.74 Å². The average molecular weight is 489 g/mol. The average Bonchev–Trinajstić information content (AvgIpc) is 3.01. The second-order valence-corrected chi connectivity index (χ2v) is 8.44. The lowest BCUT2D eigenvalue weighted by Crippen LogP contribution is -2.48. The summed E-state index contributed by atoms with van der Waals surface area (Å²) in [5.74, 6) is 2.26. The van der Waals surface area contributed by atoms with Crippen LogP contribution in [0.25, 0.3) is 0 Å². The van der Waals surface area contributed by atoms with E-state index in [9.17, 15) is 0 Å². The van der Waals surface area contributed by atoms with Gasteiger partial charge in [-0.25, -0.2) is 4.98 Å². The maximum atomic E-state index is 6.12. The molecule has 1 aromatic heterocycles. The third-order valence-corrected chi connectivity index (χ3v) is 5.10. The molecule has 0 saturated carbocycles. The zero-order valence-electron chi connectivity index (χ0n) is 17.3. The number of nitrogens with zero attached hydrogens (tertiary/aromatic N) is 4. The van der Waals surface area contributed by atoms with Gasteiger partial charge in [0.25, 0.3) is 0 Å². The second kappa shape index (κ2) is 10.1. The first-order chi connectivity index (χ1) is 12.4. The Morgan fingerprint density at radius 3 is 2.63 bits per heavy atom. The first-order valence-corrected chi connectivity index (χ1v) is 10.1. The molecule has 0 aromatic carbocycles. The fourth-order valence-electron chi connectivity index (χ4n) is 3.91. The number of hydrogen-bond acceptors (Lipinski definition) is 3. The Morgan fingerprint density at radius 1 is 1.26 bits per heavy atom. The van der Waals surface area contributed by atoms with E-state index in [1.165, 1.54) is 24.4 Å². The highest BCUT2D eigenvalue weighted by molar-refractivity contribution is 14.0. The SMILES string of the molecule is CN=C(NCCc1cn2c(n1)CCCC2)N1CCC(OC(C)(C)C)CC1.I. The van der Waals surface area contributed by atoms with Gasteiger partial charge in [0.15, 0.2) is 5.96 Å². The van der Waals surface area contributed by atoms with Gasteiger partial charge in [-0.3, -0.25) is 4.99 Å². The first-order valence-electron chi connectivity index (χ1n) is 10.1. The van der Waals surface area contributed by atoms with E-state index in [0.29, 0.717) is 6.10 Å². The number of fused-ring (bicyclic) bond motifs is 1. The van der Waals surface area contributed by atoms with Gasteiger partial charge in [-0.1, -0.05) is 0 Å². The molecule has 0 unspecified atom stereocenters. The molecule has 1 fully saturated rings. The summed E-state index contributed by atoms with van der Waals surface area (Å²) in [6.07, 6.45) is 9.34. The highest BCUT2D eigenvalue weighted by atomic mass is 127. The van der Waals surface area contributed by atoms with Gasteiger partial charge in [0.1, 0.15) is 5.82 Å². The van der Waals surface area contributed by atoms with E-state index < -0.39 is 0 Å². The largest absolute Gasteiger partial charge is 0.372 e. The summed E-state index contributed by atoms with van der Waals surface area (Å²) in [4.78, 5) is 11.6. The van der Waals surface area contributed by atoms with Crippen LogP contribution in [0.3, 0.4) is 0 Å². The lowest BCUT2D eigenvalue weighted by molar-refractivity contribution is -0.0772. The van der Waals surface area contributed by atoms with Gasteiger partial charge in [-0.2, -0.15) is 0 Å². The van der Waals surface area contributed by atoms with Crippen LogP contribution in [0.1, 0.15) is 58.0 Å². The number of guanidine groups is 1. The van der Waals surface area contributed by atoms with Gasteiger partial charge >= 0.3 is 0 Å². The van der Waals surface area contributed by atoms with E-state index in [2.05, 4.69) is 46.7 Å². The Hall–Kier alpha value is -0.830. The van der Waals surface area contributed by atoms with Crippen LogP contribution in [0.2, 0.25) is 0 Å². The zero-order valence-corrected chi connectivity index (χ0v) is 19.7. The molecule has 0 spiro atoms. The summed E-state index contributed by atoms with van der Waals surface area (Å²) < 4.78 is 8.45. The Labute approximate surface area is 181 Å². The number of rotatable bonds is 4. The maximum absolute atomic E-state index is 6.12. The highest BCUT2D eigenvalue weighted by Crippen LogP contribution is 2.20. The molecule has 1 saturated heterocycles. The molecule has 0 amide bonds. The van der Waals surface area contributed by atoms with Crippen molar-refractivity contribution in [2.24, 2.45) is 4.99 Å². The Morgan fingerprint density at radius 2 is 2.00 bits per heavy atom. The number of imidazole rings is 1. The third-order valence-electron chi connectivity index (χ3n) is 5.10. The van der Waals surface area contributed by atoms with Crippen molar-refractivity contribution in [2.45, 2.75) is 77.5 Å². The number of aryl methyl sites for hydroxylation is 2. The smallest absolute Gasteiger partial charge is 0.193 e. The van der Waals surface area contributed by atoms with E-state index in [-0.39, 0.29) is 29.6 Å². The molecule has 0 radical (unpaired) electrons. The van der Waals surface area contributed by atoms with Crippen molar-refractivity contribution in [2.75, 3.05) is 26.7 Å². The van der Waals surface area contributed by atoms with E-state index in [1.54, 1.807) is 0 Å². The topological polar surface area (TPSA) is 54.7 Å². The Balaban J connectivity index is 0.00000261. The van der Waals surface area contributed by atoms with Gasteiger partial charge in [0.2, 0.25) is 0 Å². The highest BCUT2D eigenvalue weighted by Gasteiger charge is 2.25. The molecule has 0 bridgehead atoms. The van der Waals surface area contributed by atoms with Crippen LogP contribution in [0.15, 0.2) is 11.2 Å².